The van der Waals surface area contributed by atoms with Crippen molar-refractivity contribution in [2.75, 3.05) is 6.26 Å². The molecule has 0 atom stereocenters. The summed E-state index contributed by atoms with van der Waals surface area (Å²) in [5.74, 6) is 4.68. The molecule has 0 aliphatic heterocycles. The second-order valence-electron chi connectivity index (χ2n) is 4.24. The van der Waals surface area contributed by atoms with Crippen LogP contribution in [0, 0.1) is 38.5 Å². The summed E-state index contributed by atoms with van der Waals surface area (Å²) in [7, 11) is 0. The molecule has 2 aromatic carbocycles. The molecule has 0 amide bonds. The average Bonchev–Trinajstić information content (AvgIpc) is 2.51. The van der Waals surface area contributed by atoms with Gasteiger partial charge in [-0.05, 0) is 30.6 Å². The fourth-order valence-electron chi connectivity index (χ4n) is 1.63. The Morgan fingerprint density at radius 1 is 0.905 bits per heavy atom. The third-order valence-electron chi connectivity index (χ3n) is 2.90. The van der Waals surface area contributed by atoms with Crippen LogP contribution >= 0.6 is 11.8 Å². The van der Waals surface area contributed by atoms with E-state index in [0.29, 0.717) is 0 Å². The average molecular weight is 471 g/mol. The largest absolute Gasteiger partial charge is 2.00 e. The van der Waals surface area contributed by atoms with Crippen LogP contribution in [0.5, 0.6) is 0 Å². The minimum Gasteiger partial charge on any atom is -0.366 e. The molecule has 0 aromatic heterocycles. The predicted molar refractivity (Wildman–Crippen MR) is 86.6 cm³/mol. The molecule has 0 aliphatic rings. The van der Waals surface area contributed by atoms with Gasteiger partial charge in [0.1, 0.15) is 0 Å². The first-order chi connectivity index (χ1) is 9.62. The summed E-state index contributed by atoms with van der Waals surface area (Å²) in [6.07, 6.45) is 15.8. The predicted octanol–water partition coefficient (Wildman–Crippen LogP) is 4.59. The summed E-state index contributed by atoms with van der Waals surface area (Å²) in [6, 6.07) is 13.4. The minimum absolute atomic E-state index is 0. The Labute approximate surface area is 147 Å². The summed E-state index contributed by atoms with van der Waals surface area (Å²) in [5, 5.41) is 0. The zero-order valence-corrected chi connectivity index (χ0v) is 15.4. The molecule has 108 valence electrons. The van der Waals surface area contributed by atoms with Crippen LogP contribution in [0.1, 0.15) is 22.3 Å². The Balaban J connectivity index is 0.000000390. The first-order valence-corrected chi connectivity index (χ1v) is 7.40. The van der Waals surface area contributed by atoms with E-state index in [4.69, 9.17) is 12.8 Å². The van der Waals surface area contributed by atoms with Crippen molar-refractivity contribution in [1.82, 2.24) is 0 Å². The van der Waals surface area contributed by atoms with Crippen LogP contribution in [0.4, 0.5) is 0 Å². The molecule has 0 fully saturated rings. The molecule has 2 rings (SSSR count). The van der Waals surface area contributed by atoms with E-state index in [1.807, 2.05) is 42.5 Å². The van der Waals surface area contributed by atoms with Crippen LogP contribution in [-0.4, -0.2) is 6.26 Å². The third-order valence-corrected chi connectivity index (χ3v) is 3.77. The van der Waals surface area contributed by atoms with Crippen molar-refractivity contribution in [3.05, 3.63) is 77.6 Å². The van der Waals surface area contributed by atoms with Gasteiger partial charge < -0.3 is 12.8 Å². The minimum atomic E-state index is 0. The van der Waals surface area contributed by atoms with Crippen molar-refractivity contribution >= 4 is 11.8 Å². The summed E-state index contributed by atoms with van der Waals surface area (Å²) >= 11 is 1.72. The quantitative estimate of drug-likeness (QED) is 0.333. The molecule has 0 saturated heterocycles. The van der Waals surface area contributed by atoms with Gasteiger partial charge in [0.2, 0.25) is 0 Å². The molecule has 0 spiro atoms. The zero-order chi connectivity index (χ0) is 15.0. The second-order valence-corrected chi connectivity index (χ2v) is 5.08. The maximum atomic E-state index is 7.02. The fraction of sp³-hybridized carbons (Fsp3) is 0.158. The molecule has 2 aromatic rings. The number of rotatable bonds is 1. The van der Waals surface area contributed by atoms with Gasteiger partial charge in [-0.3, -0.25) is 11.8 Å². The van der Waals surface area contributed by atoms with Crippen LogP contribution in [0.25, 0.3) is 0 Å². The molecule has 0 aliphatic carbocycles. The normalized spacial score (nSPS) is 8.43. The van der Waals surface area contributed by atoms with E-state index in [1.54, 1.807) is 11.8 Å². The summed E-state index contributed by atoms with van der Waals surface area (Å²) < 4.78 is 0. The van der Waals surface area contributed by atoms with E-state index in [0.717, 1.165) is 11.1 Å². The van der Waals surface area contributed by atoms with Gasteiger partial charge in [-0.2, -0.15) is 0 Å². The van der Waals surface area contributed by atoms with Gasteiger partial charge in [0.25, 0.3) is 0 Å². The topological polar surface area (TPSA) is 0 Å². The van der Waals surface area contributed by atoms with Crippen molar-refractivity contribution < 1.29 is 21.1 Å². The van der Waals surface area contributed by atoms with Crippen LogP contribution in [0.15, 0.2) is 47.4 Å². The summed E-state index contributed by atoms with van der Waals surface area (Å²) in [5.41, 5.74) is 4.23. The maximum absolute atomic E-state index is 7.02. The smallest absolute Gasteiger partial charge is 0.366 e. The Hall–Kier alpha value is -1.40. The van der Waals surface area contributed by atoms with E-state index in [9.17, 15) is 0 Å². The molecule has 0 bridgehead atoms. The van der Waals surface area contributed by atoms with Crippen molar-refractivity contribution in [3.63, 3.8) is 0 Å². The van der Waals surface area contributed by atoms with E-state index in [-0.39, 0.29) is 21.1 Å². The Morgan fingerprint density at radius 2 is 1.48 bits per heavy atom. The molecular weight excluding hydrogens is 455 g/mol. The van der Waals surface area contributed by atoms with Gasteiger partial charge in [0, 0.05) is 0 Å². The molecule has 21 heavy (non-hydrogen) atoms. The van der Waals surface area contributed by atoms with Gasteiger partial charge in [0.15, 0.2) is 0 Å². The van der Waals surface area contributed by atoms with Crippen molar-refractivity contribution in [2.45, 2.75) is 18.7 Å². The van der Waals surface area contributed by atoms with Crippen LogP contribution in [0.3, 0.4) is 0 Å². The molecule has 0 nitrogen and oxygen atoms in total. The SMILES string of the molecule is [C-]#Cc1cc(C)c(C)c(SC)c1.[C-]#Cc1ccccc1.[Pt+2]. The first kappa shape index (κ1) is 19.6. The molecule has 0 heterocycles. The number of thioether (sulfide) groups is 1. The molecule has 0 unspecified atom stereocenters. The fourth-order valence-corrected chi connectivity index (χ4v) is 2.34. The molecule has 0 N–H and O–H groups in total. The molecular formula is C19H16PtS. The van der Waals surface area contributed by atoms with E-state index in [2.05, 4.69) is 31.9 Å². The van der Waals surface area contributed by atoms with Crippen LogP contribution < -0.4 is 0 Å². The van der Waals surface area contributed by atoms with Crippen molar-refractivity contribution in [3.8, 4) is 11.8 Å². The number of hydrogen-bond donors (Lipinski definition) is 0. The molecule has 2 heteroatoms. The Morgan fingerprint density at radius 3 is 1.90 bits per heavy atom. The Kier molecular flexibility index (Phi) is 9.65. The summed E-state index contributed by atoms with van der Waals surface area (Å²) in [4.78, 5) is 1.24. The van der Waals surface area contributed by atoms with Gasteiger partial charge in [-0.1, -0.05) is 23.8 Å². The van der Waals surface area contributed by atoms with Gasteiger partial charge >= 0.3 is 21.1 Å². The third kappa shape index (κ3) is 6.26. The number of hydrogen-bond acceptors (Lipinski definition) is 1. The Bertz CT molecular complexity index is 646. The number of benzene rings is 2. The molecule has 0 saturated carbocycles. The van der Waals surface area contributed by atoms with Gasteiger partial charge in [0.05, 0.1) is 0 Å². The van der Waals surface area contributed by atoms with E-state index < -0.39 is 0 Å². The molecule has 0 radical (unpaired) electrons. The summed E-state index contributed by atoms with van der Waals surface area (Å²) in [6.45, 7) is 4.17. The van der Waals surface area contributed by atoms with Gasteiger partial charge in [-0.25, -0.2) is 0 Å². The van der Waals surface area contributed by atoms with Crippen molar-refractivity contribution in [2.24, 2.45) is 0 Å². The van der Waals surface area contributed by atoms with Crippen LogP contribution in [0.2, 0.25) is 0 Å². The zero-order valence-electron chi connectivity index (χ0n) is 12.3. The first-order valence-electron chi connectivity index (χ1n) is 6.18. The monoisotopic (exact) mass is 471 g/mol. The van der Waals surface area contributed by atoms with Crippen molar-refractivity contribution in [1.29, 1.82) is 0 Å². The standard InChI is InChI=1S/C11H11S.C8H5.Pt/c1-5-10-6-8(2)9(3)11(7-10)12-4;1-2-8-6-4-3-5-7-8;/h6-7H,2-4H3;3-7H;/q2*-1;+2. The maximum Gasteiger partial charge on any atom is 2.00 e. The second kappa shape index (κ2) is 10.3. The van der Waals surface area contributed by atoms with Gasteiger partial charge in [-0.15, -0.1) is 47.2 Å². The number of aryl methyl sites for hydroxylation is 1. The van der Waals surface area contributed by atoms with E-state index in [1.165, 1.54) is 16.0 Å². The van der Waals surface area contributed by atoms with Crippen LogP contribution in [-0.2, 0) is 21.1 Å². The van der Waals surface area contributed by atoms with E-state index >= 15 is 0 Å².